The van der Waals surface area contributed by atoms with Crippen molar-refractivity contribution in [3.8, 4) is 0 Å². The molecule has 4 rings (SSSR count). The molecule has 10 heteroatoms. The van der Waals surface area contributed by atoms with Crippen LogP contribution in [0.1, 0.15) is 30.7 Å². The number of thiazole rings is 1. The maximum absolute atomic E-state index is 12.3. The van der Waals surface area contributed by atoms with Crippen molar-refractivity contribution in [2.75, 3.05) is 36.4 Å². The van der Waals surface area contributed by atoms with Gasteiger partial charge in [0.05, 0.1) is 5.69 Å². The Morgan fingerprint density at radius 1 is 1.19 bits per heavy atom. The van der Waals surface area contributed by atoms with Crippen molar-refractivity contribution in [1.29, 1.82) is 0 Å². The molecule has 1 fully saturated rings. The van der Waals surface area contributed by atoms with Crippen molar-refractivity contribution in [2.45, 2.75) is 25.8 Å². The van der Waals surface area contributed by atoms with Crippen LogP contribution in [-0.4, -0.2) is 47.2 Å². The van der Waals surface area contributed by atoms with Crippen LogP contribution < -0.4 is 20.9 Å². The first-order valence-electron chi connectivity index (χ1n) is 10.5. The van der Waals surface area contributed by atoms with Crippen LogP contribution in [0.2, 0.25) is 5.02 Å². The summed E-state index contributed by atoms with van der Waals surface area (Å²) in [6, 6.07) is 7.42. The number of carbonyl (C=O) groups excluding carboxylic acids is 1. The third kappa shape index (κ3) is 5.35. The second-order valence-electron chi connectivity index (χ2n) is 8.11. The van der Waals surface area contributed by atoms with E-state index in [1.807, 2.05) is 29.6 Å². The van der Waals surface area contributed by atoms with Gasteiger partial charge in [-0.05, 0) is 17.7 Å². The molecule has 8 nitrogen and oxygen atoms in total. The van der Waals surface area contributed by atoms with E-state index in [4.69, 9.17) is 11.6 Å². The van der Waals surface area contributed by atoms with Crippen molar-refractivity contribution in [3.63, 3.8) is 0 Å². The molecule has 1 aromatic carbocycles. The van der Waals surface area contributed by atoms with Gasteiger partial charge >= 0.3 is 6.03 Å². The molecular weight excluding hydrogens is 446 g/mol. The number of nitrogens with one attached hydrogen (secondary N) is 3. The van der Waals surface area contributed by atoms with Crippen LogP contribution in [0, 0.1) is 0 Å². The van der Waals surface area contributed by atoms with Gasteiger partial charge in [0.2, 0.25) is 5.95 Å². The molecule has 1 saturated heterocycles. The molecule has 3 aromatic rings. The monoisotopic (exact) mass is 471 g/mol. The molecule has 0 atom stereocenters. The molecule has 168 valence electrons. The maximum Gasteiger partial charge on any atom is 0.321 e. The Labute approximate surface area is 196 Å². The number of aromatic nitrogens is 3. The minimum atomic E-state index is -0.318. The topological polar surface area (TPSA) is 95.1 Å². The van der Waals surface area contributed by atoms with Gasteiger partial charge in [0.15, 0.2) is 5.13 Å². The number of halogens is 1. The molecule has 0 bridgehead atoms. The molecular formula is C22H26ClN7OS. The summed E-state index contributed by atoms with van der Waals surface area (Å²) in [5, 5.41) is 12.2. The molecule has 1 aliphatic rings. The maximum atomic E-state index is 12.3. The summed E-state index contributed by atoms with van der Waals surface area (Å²) in [6.45, 7) is 8.18. The highest BCUT2D eigenvalue weighted by molar-refractivity contribution is 7.13. The molecule has 1 aliphatic heterocycles. The SMILES string of the molecule is CC(C)(c1ccc(Cl)cc1)c1csc(NC(=O)NCc2cnc(N3CCNCC3)nc2)n1. The molecule has 3 N–H and O–H groups in total. The van der Waals surface area contributed by atoms with Crippen LogP contribution in [0.4, 0.5) is 15.9 Å². The van der Waals surface area contributed by atoms with Crippen molar-refractivity contribution in [3.05, 3.63) is 63.9 Å². The Balaban J connectivity index is 1.31. The van der Waals surface area contributed by atoms with E-state index in [-0.39, 0.29) is 11.4 Å². The summed E-state index contributed by atoms with van der Waals surface area (Å²) >= 11 is 7.40. The number of amides is 2. The third-order valence-electron chi connectivity index (χ3n) is 5.48. The molecule has 0 spiro atoms. The quantitative estimate of drug-likeness (QED) is 0.508. The lowest BCUT2D eigenvalue weighted by molar-refractivity contribution is 0.251. The van der Waals surface area contributed by atoms with Crippen LogP contribution >= 0.6 is 22.9 Å². The summed E-state index contributed by atoms with van der Waals surface area (Å²) in [7, 11) is 0. The van der Waals surface area contributed by atoms with Crippen LogP contribution in [0.5, 0.6) is 0 Å². The highest BCUT2D eigenvalue weighted by atomic mass is 35.5. The summed E-state index contributed by atoms with van der Waals surface area (Å²) < 4.78 is 0. The number of nitrogens with zero attached hydrogens (tertiary/aromatic N) is 4. The molecule has 2 amide bonds. The zero-order valence-electron chi connectivity index (χ0n) is 18.1. The second kappa shape index (κ2) is 9.81. The molecule has 2 aromatic heterocycles. The molecule has 0 aliphatic carbocycles. The number of rotatable bonds is 6. The molecule has 0 radical (unpaired) electrons. The number of hydrogen-bond acceptors (Lipinski definition) is 7. The van der Waals surface area contributed by atoms with Gasteiger partial charge in [-0.2, -0.15) is 0 Å². The van der Waals surface area contributed by atoms with Gasteiger partial charge in [0, 0.05) is 66.5 Å². The highest BCUT2D eigenvalue weighted by Gasteiger charge is 2.26. The average molecular weight is 472 g/mol. The Bertz CT molecular complexity index is 1050. The van der Waals surface area contributed by atoms with Gasteiger partial charge in [-0.15, -0.1) is 11.3 Å². The highest BCUT2D eigenvalue weighted by Crippen LogP contribution is 2.33. The number of hydrogen-bond donors (Lipinski definition) is 3. The third-order valence-corrected chi connectivity index (χ3v) is 6.49. The Morgan fingerprint density at radius 3 is 2.56 bits per heavy atom. The first-order valence-corrected chi connectivity index (χ1v) is 11.7. The van der Waals surface area contributed by atoms with Gasteiger partial charge < -0.3 is 15.5 Å². The lowest BCUT2D eigenvalue weighted by Gasteiger charge is -2.27. The van der Waals surface area contributed by atoms with Crippen LogP contribution in [0.15, 0.2) is 42.0 Å². The van der Waals surface area contributed by atoms with E-state index < -0.39 is 0 Å². The standard InChI is InChI=1S/C22H26ClN7OS/c1-22(2,16-3-5-17(23)6-4-16)18-14-32-21(28-18)29-20(31)27-13-15-11-25-19(26-12-15)30-9-7-24-8-10-30/h3-6,11-12,14,24H,7-10,13H2,1-2H3,(H2,27,28,29,31). The van der Waals surface area contributed by atoms with E-state index in [1.165, 1.54) is 11.3 Å². The number of carbonyl (C=O) groups is 1. The Morgan fingerprint density at radius 2 is 1.88 bits per heavy atom. The molecule has 3 heterocycles. The van der Waals surface area contributed by atoms with Crippen LogP contribution in [-0.2, 0) is 12.0 Å². The summed E-state index contributed by atoms with van der Waals surface area (Å²) in [6.07, 6.45) is 3.50. The fourth-order valence-electron chi connectivity index (χ4n) is 3.42. The largest absolute Gasteiger partial charge is 0.338 e. The minimum Gasteiger partial charge on any atom is -0.338 e. The van der Waals surface area contributed by atoms with Gasteiger partial charge in [0.1, 0.15) is 0 Å². The Hall–Kier alpha value is -2.75. The van der Waals surface area contributed by atoms with E-state index in [0.717, 1.165) is 48.9 Å². The van der Waals surface area contributed by atoms with Crippen molar-refractivity contribution in [1.82, 2.24) is 25.6 Å². The lowest BCUT2D eigenvalue weighted by atomic mass is 9.82. The van der Waals surface area contributed by atoms with Crippen LogP contribution in [0.3, 0.4) is 0 Å². The zero-order valence-corrected chi connectivity index (χ0v) is 19.6. The minimum absolute atomic E-state index is 0.305. The first kappa shape index (κ1) is 22.4. The summed E-state index contributed by atoms with van der Waals surface area (Å²) in [4.78, 5) is 28.0. The number of urea groups is 1. The van der Waals surface area contributed by atoms with Gasteiger partial charge in [-0.25, -0.2) is 19.7 Å². The van der Waals surface area contributed by atoms with E-state index in [9.17, 15) is 4.79 Å². The number of benzene rings is 1. The predicted molar refractivity (Wildman–Crippen MR) is 129 cm³/mol. The smallest absolute Gasteiger partial charge is 0.321 e. The molecule has 32 heavy (non-hydrogen) atoms. The lowest BCUT2D eigenvalue weighted by Crippen LogP contribution is -2.44. The van der Waals surface area contributed by atoms with Gasteiger partial charge in [-0.1, -0.05) is 37.6 Å². The summed E-state index contributed by atoms with van der Waals surface area (Å²) in [5.74, 6) is 0.721. The molecule has 0 unspecified atom stereocenters. The normalized spacial score (nSPS) is 14.3. The van der Waals surface area contributed by atoms with E-state index in [1.54, 1.807) is 12.4 Å². The van der Waals surface area contributed by atoms with Crippen molar-refractivity contribution in [2.24, 2.45) is 0 Å². The predicted octanol–water partition coefficient (Wildman–Crippen LogP) is 3.64. The molecule has 0 saturated carbocycles. The summed E-state index contributed by atoms with van der Waals surface area (Å²) in [5.41, 5.74) is 2.52. The van der Waals surface area contributed by atoms with E-state index in [2.05, 4.69) is 49.6 Å². The van der Waals surface area contributed by atoms with Gasteiger partial charge in [0.25, 0.3) is 0 Å². The van der Waals surface area contributed by atoms with Crippen molar-refractivity contribution >= 4 is 40.0 Å². The number of anilines is 2. The first-order chi connectivity index (χ1) is 15.4. The fourth-order valence-corrected chi connectivity index (χ4v) is 4.42. The second-order valence-corrected chi connectivity index (χ2v) is 9.40. The number of piperazine rings is 1. The zero-order chi connectivity index (χ0) is 22.6. The average Bonchev–Trinajstić information content (AvgIpc) is 3.28. The fraction of sp³-hybridized carbons (Fsp3) is 0.364. The van der Waals surface area contributed by atoms with Crippen LogP contribution in [0.25, 0.3) is 0 Å². The van der Waals surface area contributed by atoms with Crippen molar-refractivity contribution < 1.29 is 4.79 Å². The van der Waals surface area contributed by atoms with E-state index in [0.29, 0.717) is 16.7 Å². The Kier molecular flexibility index (Phi) is 6.88. The van der Waals surface area contributed by atoms with Gasteiger partial charge in [-0.3, -0.25) is 5.32 Å². The van der Waals surface area contributed by atoms with E-state index >= 15 is 0 Å².